The first-order valence-corrected chi connectivity index (χ1v) is 9.46. The van der Waals surface area contributed by atoms with E-state index in [0.717, 1.165) is 12.1 Å². The number of rotatable bonds is 9. The van der Waals surface area contributed by atoms with Crippen molar-refractivity contribution in [3.8, 4) is 11.5 Å². The molecule has 0 amide bonds. The number of nitrogens with one attached hydrogen (secondary N) is 1. The first kappa shape index (κ1) is 25.0. The van der Waals surface area contributed by atoms with E-state index in [9.17, 15) is 0 Å². The minimum atomic E-state index is 0. The van der Waals surface area contributed by atoms with Crippen LogP contribution < -0.4 is 20.5 Å². The van der Waals surface area contributed by atoms with Crippen LogP contribution in [0.25, 0.3) is 0 Å². The average molecular weight is 512 g/mol. The highest BCUT2D eigenvalue weighted by molar-refractivity contribution is 14.0. The molecule has 2 rings (SSSR count). The smallest absolute Gasteiger partial charge is 0.189 e. The Morgan fingerprint density at radius 3 is 2.34 bits per heavy atom. The number of guanidine groups is 1. The summed E-state index contributed by atoms with van der Waals surface area (Å²) in [5, 5.41) is 3.22. The summed E-state index contributed by atoms with van der Waals surface area (Å²) in [6.45, 7) is 6.40. The van der Waals surface area contributed by atoms with Gasteiger partial charge < -0.3 is 20.5 Å². The van der Waals surface area contributed by atoms with E-state index in [2.05, 4.69) is 54.3 Å². The molecule has 0 aliphatic carbocycles. The molecule has 0 aliphatic rings. The van der Waals surface area contributed by atoms with Crippen molar-refractivity contribution in [3.05, 3.63) is 59.2 Å². The molecule has 0 aliphatic heterocycles. The zero-order chi connectivity index (χ0) is 20.5. The van der Waals surface area contributed by atoms with E-state index in [1.807, 2.05) is 24.3 Å². The summed E-state index contributed by atoms with van der Waals surface area (Å²) in [5.41, 5.74) is 9.58. The molecule has 0 atom stereocenters. The predicted molar refractivity (Wildman–Crippen MR) is 130 cm³/mol. The number of nitrogens with zero attached hydrogens (tertiary/aromatic N) is 2. The molecule has 0 unspecified atom stereocenters. The molecule has 0 heterocycles. The summed E-state index contributed by atoms with van der Waals surface area (Å²) >= 11 is 0. The van der Waals surface area contributed by atoms with Gasteiger partial charge in [0.05, 0.1) is 20.8 Å². The Kier molecular flexibility index (Phi) is 10.8. The Labute approximate surface area is 191 Å². The van der Waals surface area contributed by atoms with Gasteiger partial charge in [-0.05, 0) is 49.7 Å². The van der Waals surface area contributed by atoms with Crippen LogP contribution in [0.3, 0.4) is 0 Å². The highest BCUT2D eigenvalue weighted by atomic mass is 127. The predicted octanol–water partition coefficient (Wildman–Crippen LogP) is 3.77. The van der Waals surface area contributed by atoms with Crippen LogP contribution in [-0.2, 0) is 19.6 Å². The van der Waals surface area contributed by atoms with Crippen LogP contribution in [0.15, 0.2) is 47.5 Å². The molecule has 0 spiro atoms. The summed E-state index contributed by atoms with van der Waals surface area (Å²) in [4.78, 5) is 6.75. The molecule has 6 nitrogen and oxygen atoms in total. The third-order valence-electron chi connectivity index (χ3n) is 4.76. The van der Waals surface area contributed by atoms with Gasteiger partial charge in [0.2, 0.25) is 0 Å². The van der Waals surface area contributed by atoms with E-state index in [4.69, 9.17) is 15.2 Å². The van der Waals surface area contributed by atoms with Crippen LogP contribution in [-0.4, -0.2) is 38.2 Å². The van der Waals surface area contributed by atoms with Gasteiger partial charge in [0.25, 0.3) is 0 Å². The normalized spacial score (nSPS) is 11.3. The summed E-state index contributed by atoms with van der Waals surface area (Å²) in [6, 6.07) is 14.6. The fourth-order valence-electron chi connectivity index (χ4n) is 2.73. The van der Waals surface area contributed by atoms with Crippen molar-refractivity contribution in [2.24, 2.45) is 10.7 Å². The number of halogens is 1. The number of aliphatic imine (C=N–C) groups is 1. The Balaban J connectivity index is 0.00000420. The van der Waals surface area contributed by atoms with Crippen LogP contribution in [0.1, 0.15) is 30.5 Å². The number of ether oxygens (including phenoxy) is 2. The number of hydrogen-bond acceptors (Lipinski definition) is 4. The minimum absolute atomic E-state index is 0. The van der Waals surface area contributed by atoms with Crippen LogP contribution in [0.4, 0.5) is 0 Å². The average Bonchev–Trinajstić information content (AvgIpc) is 2.71. The van der Waals surface area contributed by atoms with Crippen molar-refractivity contribution < 1.29 is 9.47 Å². The quantitative estimate of drug-likeness (QED) is 0.304. The lowest BCUT2D eigenvalue weighted by atomic mass is 10.1. The maximum atomic E-state index is 6.07. The van der Waals surface area contributed by atoms with E-state index in [-0.39, 0.29) is 24.0 Å². The van der Waals surface area contributed by atoms with Gasteiger partial charge in [-0.15, -0.1) is 24.0 Å². The van der Waals surface area contributed by atoms with Crippen molar-refractivity contribution in [1.82, 2.24) is 10.2 Å². The maximum Gasteiger partial charge on any atom is 0.189 e. The molecule has 7 heteroatoms. The van der Waals surface area contributed by atoms with Gasteiger partial charge in [-0.3, -0.25) is 4.90 Å². The first-order valence-electron chi connectivity index (χ1n) is 9.46. The number of nitrogens with two attached hydrogens (primary N) is 1. The molecule has 29 heavy (non-hydrogen) atoms. The fourth-order valence-corrected chi connectivity index (χ4v) is 2.73. The van der Waals surface area contributed by atoms with Crippen LogP contribution in [0, 0.1) is 0 Å². The molecule has 3 N–H and O–H groups in total. The van der Waals surface area contributed by atoms with Crippen molar-refractivity contribution >= 4 is 29.9 Å². The third kappa shape index (κ3) is 7.74. The lowest BCUT2D eigenvalue weighted by Gasteiger charge is -2.22. The summed E-state index contributed by atoms with van der Waals surface area (Å²) in [5.74, 6) is 1.80. The Morgan fingerprint density at radius 2 is 1.72 bits per heavy atom. The van der Waals surface area contributed by atoms with E-state index < -0.39 is 0 Å². The van der Waals surface area contributed by atoms with Gasteiger partial charge in [0.15, 0.2) is 17.5 Å². The van der Waals surface area contributed by atoms with Crippen molar-refractivity contribution in [1.29, 1.82) is 0 Å². The largest absolute Gasteiger partial charge is 0.493 e. The van der Waals surface area contributed by atoms with Gasteiger partial charge in [0, 0.05) is 19.1 Å². The first-order chi connectivity index (χ1) is 13.4. The number of hydrogen-bond donors (Lipinski definition) is 2. The topological polar surface area (TPSA) is 72.1 Å². The second-order valence-corrected chi connectivity index (χ2v) is 7.02. The lowest BCUT2D eigenvalue weighted by Crippen LogP contribution is -2.32. The van der Waals surface area contributed by atoms with Crippen LogP contribution >= 0.6 is 24.0 Å². The Morgan fingerprint density at radius 1 is 1.07 bits per heavy atom. The molecule has 2 aromatic rings. The van der Waals surface area contributed by atoms with Gasteiger partial charge >= 0.3 is 0 Å². The highest BCUT2D eigenvalue weighted by Crippen LogP contribution is 2.27. The van der Waals surface area contributed by atoms with Crippen LogP contribution in [0.5, 0.6) is 11.5 Å². The molecule has 0 saturated carbocycles. The zero-order valence-corrected chi connectivity index (χ0v) is 20.3. The maximum absolute atomic E-state index is 6.07. The number of methoxy groups -OCH3 is 2. The SMILES string of the molecule is COc1ccc(CN=C(N)NCc2ccccc2CN(C)C(C)C)cc1OC.I. The molecular weight excluding hydrogens is 479 g/mol. The summed E-state index contributed by atoms with van der Waals surface area (Å²) < 4.78 is 10.6. The molecule has 160 valence electrons. The van der Waals surface area contributed by atoms with Crippen molar-refractivity contribution in [2.45, 2.75) is 39.5 Å². The molecule has 0 saturated heterocycles. The van der Waals surface area contributed by atoms with E-state index in [1.54, 1.807) is 14.2 Å². The minimum Gasteiger partial charge on any atom is -0.493 e. The second kappa shape index (κ2) is 12.5. The molecule has 0 fully saturated rings. The standard InChI is InChI=1S/C22H32N4O2.HI/c1-16(2)26(3)15-19-9-7-6-8-18(19)14-25-22(23)24-13-17-10-11-20(27-4)21(12-17)28-5;/h6-12,16H,13-15H2,1-5H3,(H3,23,24,25);1H. The van der Waals surface area contributed by atoms with E-state index in [1.165, 1.54) is 11.1 Å². The number of benzene rings is 2. The molecule has 0 radical (unpaired) electrons. The summed E-state index contributed by atoms with van der Waals surface area (Å²) in [7, 11) is 5.37. The Hall–Kier alpha value is -2.00. The van der Waals surface area contributed by atoms with Gasteiger partial charge in [-0.2, -0.15) is 0 Å². The van der Waals surface area contributed by atoms with E-state index in [0.29, 0.717) is 36.6 Å². The van der Waals surface area contributed by atoms with Gasteiger partial charge in [-0.1, -0.05) is 30.3 Å². The molecular formula is C22H33IN4O2. The lowest BCUT2D eigenvalue weighted by molar-refractivity contribution is 0.265. The van der Waals surface area contributed by atoms with Crippen LogP contribution in [0.2, 0.25) is 0 Å². The van der Waals surface area contributed by atoms with Crippen molar-refractivity contribution in [3.63, 3.8) is 0 Å². The van der Waals surface area contributed by atoms with Crippen molar-refractivity contribution in [2.75, 3.05) is 21.3 Å². The fraction of sp³-hybridized carbons (Fsp3) is 0.409. The molecule has 0 bridgehead atoms. The third-order valence-corrected chi connectivity index (χ3v) is 4.76. The zero-order valence-electron chi connectivity index (χ0n) is 17.9. The molecule has 2 aromatic carbocycles. The molecule has 0 aromatic heterocycles. The second-order valence-electron chi connectivity index (χ2n) is 7.02. The Bertz CT molecular complexity index is 796. The van der Waals surface area contributed by atoms with E-state index >= 15 is 0 Å². The summed E-state index contributed by atoms with van der Waals surface area (Å²) in [6.07, 6.45) is 0. The van der Waals surface area contributed by atoms with Gasteiger partial charge in [0.1, 0.15) is 0 Å². The highest BCUT2D eigenvalue weighted by Gasteiger charge is 2.08. The van der Waals surface area contributed by atoms with Gasteiger partial charge in [-0.25, -0.2) is 4.99 Å². The monoisotopic (exact) mass is 512 g/mol.